The first-order chi connectivity index (χ1) is 9.85. The van der Waals surface area contributed by atoms with Crippen molar-refractivity contribution >= 4 is 11.3 Å². The van der Waals surface area contributed by atoms with Crippen LogP contribution in [0.25, 0.3) is 11.3 Å². The summed E-state index contributed by atoms with van der Waals surface area (Å²) in [6.45, 7) is 2.43. The van der Waals surface area contributed by atoms with Gasteiger partial charge in [-0.1, -0.05) is 30.3 Å². The highest BCUT2D eigenvalue weighted by molar-refractivity contribution is 7.12. The molecule has 5 heteroatoms. The minimum absolute atomic E-state index is 0.520. The molecule has 0 radical (unpaired) electrons. The van der Waals surface area contributed by atoms with Crippen LogP contribution >= 0.6 is 11.3 Å². The van der Waals surface area contributed by atoms with E-state index in [0.29, 0.717) is 26.4 Å². The molecular formula is C15H20N2O2S. The summed E-state index contributed by atoms with van der Waals surface area (Å²) < 4.78 is 10.4. The lowest BCUT2D eigenvalue weighted by molar-refractivity contribution is 0.0722. The summed E-state index contributed by atoms with van der Waals surface area (Å²) in [5.74, 6) is 0. The van der Waals surface area contributed by atoms with Gasteiger partial charge in [-0.25, -0.2) is 4.98 Å². The van der Waals surface area contributed by atoms with E-state index in [-0.39, 0.29) is 0 Å². The van der Waals surface area contributed by atoms with Gasteiger partial charge in [0.25, 0.3) is 0 Å². The summed E-state index contributed by atoms with van der Waals surface area (Å²) in [6.07, 6.45) is 0.814. The first-order valence-corrected chi connectivity index (χ1v) is 7.47. The maximum Gasteiger partial charge on any atom is 0.0958 e. The molecule has 20 heavy (non-hydrogen) atoms. The molecule has 0 aliphatic rings. The van der Waals surface area contributed by atoms with Crippen LogP contribution in [0, 0.1) is 0 Å². The van der Waals surface area contributed by atoms with E-state index in [1.54, 1.807) is 18.4 Å². The van der Waals surface area contributed by atoms with Crippen LogP contribution in [0.5, 0.6) is 0 Å². The number of methoxy groups -OCH3 is 1. The maximum atomic E-state index is 5.82. The molecule has 0 saturated carbocycles. The van der Waals surface area contributed by atoms with Gasteiger partial charge in [0.15, 0.2) is 0 Å². The highest BCUT2D eigenvalue weighted by Crippen LogP contribution is 2.28. The second kappa shape index (κ2) is 8.11. The van der Waals surface area contributed by atoms with Gasteiger partial charge in [-0.05, 0) is 0 Å². The predicted molar refractivity (Wildman–Crippen MR) is 81.8 cm³/mol. The standard InChI is InChI=1S/C15H20N2O2S/c1-18-9-10-19-8-7-14-17-15(13(11-16)20-14)12-5-3-2-4-6-12/h2-6H,7-11,16H2,1H3. The Balaban J connectivity index is 2.00. The zero-order chi connectivity index (χ0) is 14.2. The largest absolute Gasteiger partial charge is 0.382 e. The minimum Gasteiger partial charge on any atom is -0.382 e. The molecule has 0 amide bonds. The van der Waals surface area contributed by atoms with Crippen LogP contribution < -0.4 is 5.73 Å². The lowest BCUT2D eigenvalue weighted by Crippen LogP contribution is -2.04. The molecule has 2 N–H and O–H groups in total. The second-order valence-electron chi connectivity index (χ2n) is 4.30. The van der Waals surface area contributed by atoms with E-state index in [0.717, 1.165) is 27.6 Å². The van der Waals surface area contributed by atoms with Crippen molar-refractivity contribution in [2.24, 2.45) is 5.73 Å². The van der Waals surface area contributed by atoms with Gasteiger partial charge in [0.2, 0.25) is 0 Å². The van der Waals surface area contributed by atoms with Crippen LogP contribution in [0.1, 0.15) is 9.88 Å². The molecule has 0 atom stereocenters. The molecule has 1 heterocycles. The molecule has 0 saturated heterocycles. The lowest BCUT2D eigenvalue weighted by atomic mass is 10.1. The number of nitrogens with zero attached hydrogens (tertiary/aromatic N) is 1. The smallest absolute Gasteiger partial charge is 0.0958 e. The van der Waals surface area contributed by atoms with Gasteiger partial charge < -0.3 is 15.2 Å². The van der Waals surface area contributed by atoms with Crippen LogP contribution in [-0.2, 0) is 22.4 Å². The molecule has 1 aromatic heterocycles. The van der Waals surface area contributed by atoms with E-state index in [4.69, 9.17) is 20.2 Å². The Labute approximate surface area is 123 Å². The zero-order valence-corrected chi connectivity index (χ0v) is 12.5. The van der Waals surface area contributed by atoms with Crippen molar-refractivity contribution in [3.63, 3.8) is 0 Å². The molecule has 0 aliphatic heterocycles. The van der Waals surface area contributed by atoms with E-state index in [1.807, 2.05) is 18.2 Å². The number of thiazole rings is 1. The molecule has 0 fully saturated rings. The molecule has 108 valence electrons. The molecular weight excluding hydrogens is 272 g/mol. The summed E-state index contributed by atoms with van der Waals surface area (Å²) in [5, 5.41) is 1.07. The lowest BCUT2D eigenvalue weighted by Gasteiger charge is -2.01. The topological polar surface area (TPSA) is 57.4 Å². The first-order valence-electron chi connectivity index (χ1n) is 6.66. The fourth-order valence-corrected chi connectivity index (χ4v) is 2.82. The first kappa shape index (κ1) is 15.1. The Hall–Kier alpha value is -1.27. The monoisotopic (exact) mass is 292 g/mol. The molecule has 0 bridgehead atoms. The fourth-order valence-electron chi connectivity index (χ4n) is 1.87. The Morgan fingerprint density at radius 2 is 1.95 bits per heavy atom. The van der Waals surface area contributed by atoms with Crippen molar-refractivity contribution in [1.82, 2.24) is 4.98 Å². The number of benzene rings is 1. The number of rotatable bonds is 8. The summed E-state index contributed by atoms with van der Waals surface area (Å²) in [5.41, 5.74) is 7.94. The van der Waals surface area contributed by atoms with E-state index in [1.165, 1.54) is 0 Å². The Bertz CT molecular complexity index is 514. The minimum atomic E-state index is 0.520. The highest BCUT2D eigenvalue weighted by atomic mass is 32.1. The van der Waals surface area contributed by atoms with E-state index >= 15 is 0 Å². The van der Waals surface area contributed by atoms with Crippen molar-refractivity contribution in [3.05, 3.63) is 40.2 Å². The van der Waals surface area contributed by atoms with Gasteiger partial charge in [-0.3, -0.25) is 0 Å². The molecule has 2 rings (SSSR count). The maximum absolute atomic E-state index is 5.82. The molecule has 1 aromatic carbocycles. The third kappa shape index (κ3) is 4.11. The van der Waals surface area contributed by atoms with Gasteiger partial charge in [-0.15, -0.1) is 11.3 Å². The third-order valence-electron chi connectivity index (χ3n) is 2.87. The van der Waals surface area contributed by atoms with Crippen LogP contribution in [0.3, 0.4) is 0 Å². The molecule has 4 nitrogen and oxygen atoms in total. The second-order valence-corrected chi connectivity index (χ2v) is 5.47. The summed E-state index contributed by atoms with van der Waals surface area (Å²) in [4.78, 5) is 5.82. The average molecular weight is 292 g/mol. The Morgan fingerprint density at radius 3 is 2.65 bits per heavy atom. The van der Waals surface area contributed by atoms with Crippen molar-refractivity contribution in [2.75, 3.05) is 26.9 Å². The molecule has 0 unspecified atom stereocenters. The number of ether oxygens (including phenoxy) is 2. The zero-order valence-electron chi connectivity index (χ0n) is 11.7. The van der Waals surface area contributed by atoms with Gasteiger partial charge in [0.1, 0.15) is 0 Å². The van der Waals surface area contributed by atoms with E-state index in [2.05, 4.69) is 12.1 Å². The Morgan fingerprint density at radius 1 is 1.15 bits per heavy atom. The normalized spacial score (nSPS) is 10.9. The quantitative estimate of drug-likeness (QED) is 0.759. The predicted octanol–water partition coefficient (Wildman–Crippen LogP) is 2.47. The van der Waals surface area contributed by atoms with Crippen molar-refractivity contribution in [1.29, 1.82) is 0 Å². The van der Waals surface area contributed by atoms with Crippen molar-refractivity contribution in [2.45, 2.75) is 13.0 Å². The molecule has 0 aliphatic carbocycles. The summed E-state index contributed by atoms with van der Waals surface area (Å²) in [6, 6.07) is 10.2. The van der Waals surface area contributed by atoms with Crippen molar-refractivity contribution < 1.29 is 9.47 Å². The van der Waals surface area contributed by atoms with Gasteiger partial charge >= 0.3 is 0 Å². The van der Waals surface area contributed by atoms with Crippen LogP contribution in [0.4, 0.5) is 0 Å². The van der Waals surface area contributed by atoms with Crippen LogP contribution in [0.2, 0.25) is 0 Å². The van der Waals surface area contributed by atoms with Crippen molar-refractivity contribution in [3.8, 4) is 11.3 Å². The fraction of sp³-hybridized carbons (Fsp3) is 0.400. The number of nitrogens with two attached hydrogens (primary N) is 1. The van der Waals surface area contributed by atoms with Crippen LogP contribution in [0.15, 0.2) is 30.3 Å². The highest BCUT2D eigenvalue weighted by Gasteiger charge is 2.11. The SMILES string of the molecule is COCCOCCc1nc(-c2ccccc2)c(CN)s1. The van der Waals surface area contributed by atoms with E-state index in [9.17, 15) is 0 Å². The van der Waals surface area contributed by atoms with E-state index < -0.39 is 0 Å². The third-order valence-corrected chi connectivity index (χ3v) is 4.00. The van der Waals surface area contributed by atoms with Gasteiger partial charge in [-0.2, -0.15) is 0 Å². The molecule has 0 spiro atoms. The Kier molecular flexibility index (Phi) is 6.14. The van der Waals surface area contributed by atoms with Gasteiger partial charge in [0, 0.05) is 30.5 Å². The summed E-state index contributed by atoms with van der Waals surface area (Å²) in [7, 11) is 1.67. The van der Waals surface area contributed by atoms with Gasteiger partial charge in [0.05, 0.1) is 30.5 Å². The number of hydrogen-bond acceptors (Lipinski definition) is 5. The number of aromatic nitrogens is 1. The number of hydrogen-bond donors (Lipinski definition) is 1. The molecule has 2 aromatic rings. The van der Waals surface area contributed by atoms with Crippen LogP contribution in [-0.4, -0.2) is 31.9 Å². The average Bonchev–Trinajstić information content (AvgIpc) is 2.91. The summed E-state index contributed by atoms with van der Waals surface area (Å²) >= 11 is 1.67.